The standard InChI is InChI=1S/C9H16ClNO2/c1-7-5-8(6-13-7)9(12)11-4-2-3-10/h7-8H,2-6H2,1H3,(H,11,12). The molecule has 1 saturated heterocycles. The highest BCUT2D eigenvalue weighted by Gasteiger charge is 2.27. The van der Waals surface area contributed by atoms with E-state index in [1.54, 1.807) is 0 Å². The van der Waals surface area contributed by atoms with Crippen molar-refractivity contribution in [1.29, 1.82) is 0 Å². The number of ether oxygens (including phenoxy) is 1. The summed E-state index contributed by atoms with van der Waals surface area (Å²) < 4.78 is 5.31. The van der Waals surface area contributed by atoms with Crippen LogP contribution in [0, 0.1) is 5.92 Å². The third-order valence-corrected chi connectivity index (χ3v) is 2.45. The van der Waals surface area contributed by atoms with Crippen LogP contribution in [0.15, 0.2) is 0 Å². The van der Waals surface area contributed by atoms with Crippen molar-refractivity contribution in [3.8, 4) is 0 Å². The molecule has 0 saturated carbocycles. The maximum absolute atomic E-state index is 11.4. The smallest absolute Gasteiger partial charge is 0.225 e. The average molecular weight is 206 g/mol. The zero-order valence-corrected chi connectivity index (χ0v) is 8.64. The van der Waals surface area contributed by atoms with Gasteiger partial charge in [-0.25, -0.2) is 0 Å². The minimum atomic E-state index is 0.0466. The molecule has 1 fully saturated rings. The molecule has 4 heteroatoms. The summed E-state index contributed by atoms with van der Waals surface area (Å²) in [5, 5.41) is 2.84. The third-order valence-electron chi connectivity index (χ3n) is 2.18. The molecule has 1 amide bonds. The van der Waals surface area contributed by atoms with Crippen molar-refractivity contribution in [2.75, 3.05) is 19.0 Å². The molecule has 0 spiro atoms. The van der Waals surface area contributed by atoms with Gasteiger partial charge in [0.15, 0.2) is 0 Å². The number of halogens is 1. The summed E-state index contributed by atoms with van der Waals surface area (Å²) >= 11 is 5.49. The van der Waals surface area contributed by atoms with Crippen LogP contribution in [-0.2, 0) is 9.53 Å². The fourth-order valence-electron chi connectivity index (χ4n) is 1.42. The van der Waals surface area contributed by atoms with E-state index in [1.165, 1.54) is 0 Å². The van der Waals surface area contributed by atoms with Crippen LogP contribution in [0.2, 0.25) is 0 Å². The van der Waals surface area contributed by atoms with Crippen LogP contribution in [0.4, 0.5) is 0 Å². The highest BCUT2D eigenvalue weighted by atomic mass is 35.5. The minimum absolute atomic E-state index is 0.0466. The molecule has 2 unspecified atom stereocenters. The molecule has 0 radical (unpaired) electrons. The van der Waals surface area contributed by atoms with Crippen LogP contribution in [0.1, 0.15) is 19.8 Å². The van der Waals surface area contributed by atoms with E-state index >= 15 is 0 Å². The Hall–Kier alpha value is -0.280. The van der Waals surface area contributed by atoms with Crippen molar-refractivity contribution in [2.24, 2.45) is 5.92 Å². The van der Waals surface area contributed by atoms with Crippen molar-refractivity contribution in [3.63, 3.8) is 0 Å². The van der Waals surface area contributed by atoms with Crippen LogP contribution < -0.4 is 5.32 Å². The predicted molar refractivity (Wildman–Crippen MR) is 51.9 cm³/mol. The molecule has 13 heavy (non-hydrogen) atoms. The Morgan fingerprint density at radius 3 is 3.00 bits per heavy atom. The van der Waals surface area contributed by atoms with Gasteiger partial charge in [-0.05, 0) is 19.8 Å². The summed E-state index contributed by atoms with van der Waals surface area (Å²) in [4.78, 5) is 11.4. The molecule has 1 aliphatic heterocycles. The molecule has 0 bridgehead atoms. The molecule has 0 aromatic rings. The van der Waals surface area contributed by atoms with Crippen LogP contribution in [-0.4, -0.2) is 31.0 Å². The fourth-order valence-corrected chi connectivity index (χ4v) is 1.56. The average Bonchev–Trinajstić information content (AvgIpc) is 2.52. The Morgan fingerprint density at radius 1 is 1.69 bits per heavy atom. The molecule has 3 nitrogen and oxygen atoms in total. The molecule has 2 atom stereocenters. The van der Waals surface area contributed by atoms with Crippen LogP contribution in [0.3, 0.4) is 0 Å². The fraction of sp³-hybridized carbons (Fsp3) is 0.889. The lowest BCUT2D eigenvalue weighted by Gasteiger charge is -2.07. The molecule has 1 rings (SSSR count). The number of rotatable bonds is 4. The Kier molecular flexibility index (Phi) is 4.53. The Labute approximate surface area is 83.8 Å². The van der Waals surface area contributed by atoms with Crippen LogP contribution in [0.25, 0.3) is 0 Å². The number of amides is 1. The van der Waals surface area contributed by atoms with E-state index in [2.05, 4.69) is 5.32 Å². The molecular weight excluding hydrogens is 190 g/mol. The first-order chi connectivity index (χ1) is 6.24. The van der Waals surface area contributed by atoms with Gasteiger partial charge < -0.3 is 10.1 Å². The topological polar surface area (TPSA) is 38.3 Å². The zero-order chi connectivity index (χ0) is 9.68. The Morgan fingerprint density at radius 2 is 2.46 bits per heavy atom. The van der Waals surface area contributed by atoms with Gasteiger partial charge in [-0.2, -0.15) is 0 Å². The summed E-state index contributed by atoms with van der Waals surface area (Å²) in [5.74, 6) is 0.748. The van der Waals surface area contributed by atoms with E-state index < -0.39 is 0 Å². The van der Waals surface area contributed by atoms with E-state index in [9.17, 15) is 4.79 Å². The second-order valence-corrected chi connectivity index (χ2v) is 3.79. The van der Waals surface area contributed by atoms with Gasteiger partial charge in [0.2, 0.25) is 5.91 Å². The number of carbonyl (C=O) groups is 1. The summed E-state index contributed by atoms with van der Waals surface area (Å²) in [6, 6.07) is 0. The second kappa shape index (κ2) is 5.45. The third kappa shape index (κ3) is 3.53. The van der Waals surface area contributed by atoms with Crippen molar-refractivity contribution in [2.45, 2.75) is 25.9 Å². The van der Waals surface area contributed by atoms with E-state index in [1.807, 2.05) is 6.92 Å². The maximum atomic E-state index is 11.4. The summed E-state index contributed by atoms with van der Waals surface area (Å²) in [5.41, 5.74) is 0. The summed E-state index contributed by atoms with van der Waals surface area (Å²) in [7, 11) is 0. The van der Waals surface area contributed by atoms with Gasteiger partial charge in [-0.3, -0.25) is 4.79 Å². The Bertz CT molecular complexity index is 175. The first kappa shape index (κ1) is 10.8. The largest absolute Gasteiger partial charge is 0.378 e. The van der Waals surface area contributed by atoms with Gasteiger partial charge >= 0.3 is 0 Å². The molecule has 0 aromatic carbocycles. The molecule has 0 aliphatic carbocycles. The molecular formula is C9H16ClNO2. The number of hydrogen-bond donors (Lipinski definition) is 1. The lowest BCUT2D eigenvalue weighted by Crippen LogP contribution is -2.31. The molecule has 76 valence electrons. The molecule has 1 heterocycles. The summed E-state index contributed by atoms with van der Waals surface area (Å²) in [6.07, 6.45) is 1.90. The highest BCUT2D eigenvalue weighted by Crippen LogP contribution is 2.18. The van der Waals surface area contributed by atoms with Crippen molar-refractivity contribution in [1.82, 2.24) is 5.32 Å². The number of alkyl halides is 1. The number of carbonyl (C=O) groups excluding carboxylic acids is 1. The van der Waals surface area contributed by atoms with E-state index in [4.69, 9.17) is 16.3 Å². The maximum Gasteiger partial charge on any atom is 0.225 e. The van der Waals surface area contributed by atoms with Gasteiger partial charge in [0, 0.05) is 12.4 Å². The van der Waals surface area contributed by atoms with Gasteiger partial charge in [0.05, 0.1) is 18.6 Å². The number of hydrogen-bond acceptors (Lipinski definition) is 2. The van der Waals surface area contributed by atoms with Gasteiger partial charge in [0.1, 0.15) is 0 Å². The zero-order valence-electron chi connectivity index (χ0n) is 7.88. The minimum Gasteiger partial charge on any atom is -0.378 e. The first-order valence-electron chi connectivity index (χ1n) is 4.69. The SMILES string of the molecule is CC1CC(C(=O)NCCCCl)CO1. The molecule has 1 aliphatic rings. The number of nitrogens with one attached hydrogen (secondary N) is 1. The van der Waals surface area contributed by atoms with Crippen molar-refractivity contribution < 1.29 is 9.53 Å². The lowest BCUT2D eigenvalue weighted by molar-refractivity contribution is -0.124. The van der Waals surface area contributed by atoms with Crippen molar-refractivity contribution in [3.05, 3.63) is 0 Å². The van der Waals surface area contributed by atoms with Gasteiger partial charge in [-0.15, -0.1) is 11.6 Å². The van der Waals surface area contributed by atoms with Gasteiger partial charge in [-0.1, -0.05) is 0 Å². The van der Waals surface area contributed by atoms with Crippen LogP contribution in [0.5, 0.6) is 0 Å². The molecule has 0 aromatic heterocycles. The van der Waals surface area contributed by atoms with Crippen LogP contribution >= 0.6 is 11.6 Å². The van der Waals surface area contributed by atoms with E-state index in [-0.39, 0.29) is 17.9 Å². The monoisotopic (exact) mass is 205 g/mol. The molecule has 1 N–H and O–H groups in total. The second-order valence-electron chi connectivity index (χ2n) is 3.41. The van der Waals surface area contributed by atoms with E-state index in [0.29, 0.717) is 19.0 Å². The van der Waals surface area contributed by atoms with E-state index in [0.717, 1.165) is 12.8 Å². The van der Waals surface area contributed by atoms with Gasteiger partial charge in [0.25, 0.3) is 0 Å². The summed E-state index contributed by atoms with van der Waals surface area (Å²) in [6.45, 7) is 3.23. The first-order valence-corrected chi connectivity index (χ1v) is 5.22. The normalized spacial score (nSPS) is 27.5. The quantitative estimate of drug-likeness (QED) is 0.553. The lowest BCUT2D eigenvalue weighted by atomic mass is 10.1. The Balaban J connectivity index is 2.16. The van der Waals surface area contributed by atoms with Crippen molar-refractivity contribution >= 4 is 17.5 Å². The highest BCUT2D eigenvalue weighted by molar-refractivity contribution is 6.17. The predicted octanol–water partition coefficient (Wildman–Crippen LogP) is 1.16.